The maximum Gasteiger partial charge on any atom is 0.337 e. The smallest absolute Gasteiger partial charge is 0.337 e. The summed E-state index contributed by atoms with van der Waals surface area (Å²) in [4.78, 5) is 18.2. The summed E-state index contributed by atoms with van der Waals surface area (Å²) >= 11 is 5.50. The van der Waals surface area contributed by atoms with E-state index in [0.29, 0.717) is 28.7 Å². The largest absolute Gasteiger partial charge is 0.465 e. The lowest BCUT2D eigenvalue weighted by Crippen LogP contribution is -2.32. The van der Waals surface area contributed by atoms with Crippen LogP contribution in [0.5, 0.6) is 0 Å². The Morgan fingerprint density at radius 2 is 2.13 bits per heavy atom. The summed E-state index contributed by atoms with van der Waals surface area (Å²) in [6.07, 6.45) is 1.73. The number of methoxy groups -OCH3 is 1. The van der Waals surface area contributed by atoms with E-state index < -0.39 is 5.97 Å². The van der Waals surface area contributed by atoms with Gasteiger partial charge in [-0.3, -0.25) is 4.98 Å². The third-order valence-corrected chi connectivity index (χ3v) is 5.38. The van der Waals surface area contributed by atoms with Crippen LogP contribution in [0.2, 0.25) is 0 Å². The molecule has 0 aliphatic carbocycles. The number of aliphatic hydroxyl groups is 1. The molecule has 1 aromatic carbocycles. The van der Waals surface area contributed by atoms with E-state index in [9.17, 15) is 9.90 Å². The maximum absolute atomic E-state index is 11.8. The molecule has 0 saturated carbocycles. The van der Waals surface area contributed by atoms with Gasteiger partial charge in [0.1, 0.15) is 17.6 Å². The number of pyridine rings is 1. The third kappa shape index (κ3) is 3.79. The highest BCUT2D eigenvalue weighted by atomic mass is 32.1. The number of benzene rings is 1. The van der Waals surface area contributed by atoms with Crippen molar-refractivity contribution in [2.75, 3.05) is 20.3 Å². The van der Waals surface area contributed by atoms with Crippen LogP contribution in [-0.2, 0) is 4.74 Å². The zero-order chi connectivity index (χ0) is 21.1. The van der Waals surface area contributed by atoms with E-state index >= 15 is 0 Å². The van der Waals surface area contributed by atoms with Crippen LogP contribution in [0, 0.1) is 0 Å². The summed E-state index contributed by atoms with van der Waals surface area (Å²) in [6, 6.07) is 16.1. The molecule has 2 N–H and O–H groups in total. The normalized spacial score (nSPS) is 18.3. The van der Waals surface area contributed by atoms with Gasteiger partial charge in [-0.2, -0.15) is 0 Å². The second-order valence-electron chi connectivity index (χ2n) is 6.82. The van der Waals surface area contributed by atoms with Crippen LogP contribution in [0.15, 0.2) is 65.2 Å². The number of thiocarbonyl (C=S) groups is 1. The number of hydrogen-bond donors (Lipinski definition) is 2. The lowest BCUT2D eigenvalue weighted by molar-refractivity contribution is 0.0601. The Labute approximate surface area is 179 Å². The highest BCUT2D eigenvalue weighted by Gasteiger charge is 2.41. The van der Waals surface area contributed by atoms with Gasteiger partial charge in [-0.15, -0.1) is 0 Å². The van der Waals surface area contributed by atoms with Gasteiger partial charge in [-0.25, -0.2) is 4.79 Å². The first-order valence-electron chi connectivity index (χ1n) is 9.50. The number of rotatable bonds is 6. The lowest BCUT2D eigenvalue weighted by Gasteiger charge is -2.25. The minimum atomic E-state index is -0.404. The fraction of sp³-hybridized carbons (Fsp3) is 0.227. The number of esters is 1. The van der Waals surface area contributed by atoms with Gasteiger partial charge in [0.15, 0.2) is 5.11 Å². The molecule has 0 spiro atoms. The number of β-amino-alcohol motifs (C(OH)–C–C–N with tert-alkyl or cyclic N) is 1. The Kier molecular flexibility index (Phi) is 5.78. The summed E-state index contributed by atoms with van der Waals surface area (Å²) in [6.45, 7) is 0.329. The van der Waals surface area contributed by atoms with E-state index in [2.05, 4.69) is 10.3 Å². The van der Waals surface area contributed by atoms with E-state index in [1.54, 1.807) is 24.4 Å². The van der Waals surface area contributed by atoms with Crippen LogP contribution in [0.1, 0.15) is 33.9 Å². The number of carbonyl (C=O) groups excluding carboxylic acids is 1. The van der Waals surface area contributed by atoms with E-state index in [1.807, 2.05) is 41.3 Å². The van der Waals surface area contributed by atoms with Crippen molar-refractivity contribution in [2.24, 2.45) is 0 Å². The van der Waals surface area contributed by atoms with Gasteiger partial charge in [0, 0.05) is 18.3 Å². The number of furan rings is 1. The quantitative estimate of drug-likeness (QED) is 0.462. The standard InChI is InChI=1S/C22H21N3O4S/c1-28-21(27)15-6-4-5-14(13-15)17-8-9-18(29-17)20-19(16-7-2-3-10-23-16)24-22(30)25(20)11-12-26/h2-10,13,19-20,26H,11-12H2,1H3,(H,24,30). The van der Waals surface area contributed by atoms with Gasteiger partial charge in [0.2, 0.25) is 0 Å². The third-order valence-electron chi connectivity index (χ3n) is 5.03. The number of nitrogens with one attached hydrogen (secondary N) is 1. The van der Waals surface area contributed by atoms with E-state index in [-0.39, 0.29) is 18.7 Å². The van der Waals surface area contributed by atoms with Gasteiger partial charge in [-0.05, 0) is 48.6 Å². The minimum absolute atomic E-state index is 0.0397. The van der Waals surface area contributed by atoms with Gasteiger partial charge in [0.05, 0.1) is 31.0 Å². The van der Waals surface area contributed by atoms with Crippen LogP contribution >= 0.6 is 12.2 Å². The van der Waals surface area contributed by atoms with E-state index in [0.717, 1.165) is 11.3 Å². The van der Waals surface area contributed by atoms with Crippen molar-refractivity contribution in [1.82, 2.24) is 15.2 Å². The lowest BCUT2D eigenvalue weighted by atomic mass is 10.0. The van der Waals surface area contributed by atoms with E-state index in [1.165, 1.54) is 7.11 Å². The molecule has 4 rings (SSSR count). The van der Waals surface area contributed by atoms with E-state index in [4.69, 9.17) is 21.4 Å². The summed E-state index contributed by atoms with van der Waals surface area (Å²) < 4.78 is 11.0. The Balaban J connectivity index is 1.70. The molecule has 7 nitrogen and oxygen atoms in total. The molecule has 3 heterocycles. The SMILES string of the molecule is COC(=O)c1cccc(-c2ccc(C3C(c4ccccn4)NC(=S)N3CCO)o2)c1. The van der Waals surface area contributed by atoms with Gasteiger partial charge in [-0.1, -0.05) is 18.2 Å². The molecule has 8 heteroatoms. The molecule has 1 saturated heterocycles. The number of hydrogen-bond acceptors (Lipinski definition) is 6. The van der Waals surface area contributed by atoms with Crippen molar-refractivity contribution in [2.45, 2.75) is 12.1 Å². The Hall–Kier alpha value is -3.23. The second-order valence-corrected chi connectivity index (χ2v) is 7.20. The number of carbonyl (C=O) groups is 1. The maximum atomic E-state index is 11.8. The molecule has 3 aromatic rings. The molecule has 0 radical (unpaired) electrons. The fourth-order valence-electron chi connectivity index (χ4n) is 3.65. The first-order chi connectivity index (χ1) is 14.6. The fourth-order valence-corrected chi connectivity index (χ4v) is 3.98. The van der Waals surface area contributed by atoms with Crippen molar-refractivity contribution < 1.29 is 19.1 Å². The average molecular weight is 423 g/mol. The molecule has 2 atom stereocenters. The number of aliphatic hydroxyl groups excluding tert-OH is 1. The molecular weight excluding hydrogens is 402 g/mol. The monoisotopic (exact) mass is 423 g/mol. The van der Waals surface area contributed by atoms with Crippen molar-refractivity contribution in [3.05, 3.63) is 77.8 Å². The van der Waals surface area contributed by atoms with Crippen LogP contribution in [0.25, 0.3) is 11.3 Å². The molecule has 1 aliphatic heterocycles. The van der Waals surface area contributed by atoms with Crippen LogP contribution < -0.4 is 5.32 Å². The number of ether oxygens (including phenoxy) is 1. The molecule has 0 amide bonds. The highest BCUT2D eigenvalue weighted by molar-refractivity contribution is 7.80. The summed E-state index contributed by atoms with van der Waals surface area (Å²) in [5, 5.41) is 13.4. The van der Waals surface area contributed by atoms with Crippen molar-refractivity contribution in [3.8, 4) is 11.3 Å². The van der Waals surface area contributed by atoms with Crippen molar-refractivity contribution >= 4 is 23.3 Å². The molecular formula is C22H21N3O4S. The topological polar surface area (TPSA) is 87.8 Å². The van der Waals surface area contributed by atoms with Crippen LogP contribution in [-0.4, -0.2) is 46.3 Å². The molecule has 1 aliphatic rings. The highest BCUT2D eigenvalue weighted by Crippen LogP contribution is 2.40. The van der Waals surface area contributed by atoms with Crippen molar-refractivity contribution in [3.63, 3.8) is 0 Å². The molecule has 0 bridgehead atoms. The van der Waals surface area contributed by atoms with Gasteiger partial charge < -0.3 is 24.5 Å². The van der Waals surface area contributed by atoms with Crippen LogP contribution in [0.3, 0.4) is 0 Å². The molecule has 1 fully saturated rings. The van der Waals surface area contributed by atoms with Gasteiger partial charge >= 0.3 is 5.97 Å². The minimum Gasteiger partial charge on any atom is -0.465 e. The summed E-state index contributed by atoms with van der Waals surface area (Å²) in [5.41, 5.74) is 2.04. The zero-order valence-electron chi connectivity index (χ0n) is 16.3. The Morgan fingerprint density at radius 1 is 1.27 bits per heavy atom. The predicted octanol–water partition coefficient (Wildman–Crippen LogP) is 3.09. The summed E-state index contributed by atoms with van der Waals surface area (Å²) in [5.74, 6) is 0.903. The van der Waals surface area contributed by atoms with Crippen LogP contribution in [0.4, 0.5) is 0 Å². The first-order valence-corrected chi connectivity index (χ1v) is 9.90. The second kappa shape index (κ2) is 8.64. The molecule has 2 unspecified atom stereocenters. The number of nitrogens with zero attached hydrogens (tertiary/aromatic N) is 2. The van der Waals surface area contributed by atoms with Gasteiger partial charge in [0.25, 0.3) is 0 Å². The van der Waals surface area contributed by atoms with Crippen molar-refractivity contribution in [1.29, 1.82) is 0 Å². The summed E-state index contributed by atoms with van der Waals surface area (Å²) in [7, 11) is 1.35. The molecule has 2 aromatic heterocycles. The molecule has 30 heavy (non-hydrogen) atoms. The predicted molar refractivity (Wildman–Crippen MR) is 115 cm³/mol. The Morgan fingerprint density at radius 3 is 2.87 bits per heavy atom. The average Bonchev–Trinajstić information content (AvgIpc) is 3.39. The first kappa shape index (κ1) is 20.1. The zero-order valence-corrected chi connectivity index (χ0v) is 17.1. The Bertz CT molecular complexity index is 1050. The molecule has 154 valence electrons. The number of aromatic nitrogens is 1.